The first kappa shape index (κ1) is 21.3. The van der Waals surface area contributed by atoms with Gasteiger partial charge in [-0.3, -0.25) is 14.5 Å². The normalized spacial score (nSPS) is 21.0. The highest BCUT2D eigenvalue weighted by Crippen LogP contribution is 2.28. The van der Waals surface area contributed by atoms with Crippen LogP contribution in [-0.2, 0) is 16.1 Å². The van der Waals surface area contributed by atoms with Crippen LogP contribution in [0.1, 0.15) is 57.4 Å². The Morgan fingerprint density at radius 2 is 1.83 bits per heavy atom. The van der Waals surface area contributed by atoms with Gasteiger partial charge in [-0.05, 0) is 51.3 Å². The van der Waals surface area contributed by atoms with Crippen molar-refractivity contribution in [2.24, 2.45) is 5.92 Å². The Balaban J connectivity index is 1.45. The molecule has 0 radical (unpaired) electrons. The highest BCUT2D eigenvalue weighted by atomic mass is 16.2. The number of amides is 2. The van der Waals surface area contributed by atoms with Crippen molar-refractivity contribution in [2.75, 3.05) is 13.1 Å². The molecule has 0 spiro atoms. The van der Waals surface area contributed by atoms with Crippen LogP contribution in [0.15, 0.2) is 30.3 Å². The quantitative estimate of drug-likeness (QED) is 0.774. The van der Waals surface area contributed by atoms with Gasteiger partial charge >= 0.3 is 0 Å². The third-order valence-corrected chi connectivity index (χ3v) is 6.42. The zero-order valence-corrected chi connectivity index (χ0v) is 17.3. The van der Waals surface area contributed by atoms with Crippen molar-refractivity contribution in [3.63, 3.8) is 0 Å². The maximum Gasteiger partial charge on any atom is 0.238 e. The number of hydrogen-bond acceptors (Lipinski definition) is 4. The summed E-state index contributed by atoms with van der Waals surface area (Å²) in [6.45, 7) is 3.89. The maximum absolute atomic E-state index is 12.8. The zero-order chi connectivity index (χ0) is 20.7. The fourth-order valence-corrected chi connectivity index (χ4v) is 4.40. The van der Waals surface area contributed by atoms with Crippen LogP contribution in [0, 0.1) is 17.2 Å². The second-order valence-electron chi connectivity index (χ2n) is 8.43. The number of piperidine rings is 1. The molecule has 1 heterocycles. The van der Waals surface area contributed by atoms with Gasteiger partial charge in [0, 0.05) is 12.5 Å². The first-order valence-electron chi connectivity index (χ1n) is 10.8. The molecule has 2 fully saturated rings. The van der Waals surface area contributed by atoms with Crippen LogP contribution in [0.3, 0.4) is 0 Å². The highest BCUT2D eigenvalue weighted by molar-refractivity contribution is 5.82. The Kier molecular flexibility index (Phi) is 7.27. The average Bonchev–Trinajstić information content (AvgIpc) is 2.78. The average molecular weight is 397 g/mol. The zero-order valence-electron chi connectivity index (χ0n) is 17.3. The molecule has 29 heavy (non-hydrogen) atoms. The van der Waals surface area contributed by atoms with Gasteiger partial charge in [-0.2, -0.15) is 5.26 Å². The SMILES string of the molecule is CC(C(=O)NC1(C#N)CCCCC1)N1CCC(C(=O)NCc2ccccc2)CC1. The third kappa shape index (κ3) is 5.57. The lowest BCUT2D eigenvalue weighted by Gasteiger charge is -2.37. The van der Waals surface area contributed by atoms with E-state index >= 15 is 0 Å². The number of nitriles is 1. The number of hydrogen-bond donors (Lipinski definition) is 2. The van der Waals surface area contributed by atoms with Gasteiger partial charge in [-0.15, -0.1) is 0 Å². The van der Waals surface area contributed by atoms with Crippen LogP contribution in [0.25, 0.3) is 0 Å². The van der Waals surface area contributed by atoms with Crippen molar-refractivity contribution < 1.29 is 9.59 Å². The Bertz CT molecular complexity index is 729. The van der Waals surface area contributed by atoms with Gasteiger partial charge in [0.05, 0.1) is 12.1 Å². The lowest BCUT2D eigenvalue weighted by Crippen LogP contribution is -2.56. The number of nitrogens with zero attached hydrogens (tertiary/aromatic N) is 2. The van der Waals surface area contributed by atoms with E-state index in [1.807, 2.05) is 37.3 Å². The minimum absolute atomic E-state index is 0.00554. The van der Waals surface area contributed by atoms with Crippen LogP contribution in [0.2, 0.25) is 0 Å². The van der Waals surface area contributed by atoms with Crippen molar-refractivity contribution >= 4 is 11.8 Å². The van der Waals surface area contributed by atoms with E-state index in [0.29, 0.717) is 6.54 Å². The maximum atomic E-state index is 12.8. The van der Waals surface area contributed by atoms with Crippen LogP contribution in [-0.4, -0.2) is 41.4 Å². The molecule has 6 nitrogen and oxygen atoms in total. The number of carbonyl (C=O) groups excluding carboxylic acids is 2. The van der Waals surface area contributed by atoms with Crippen LogP contribution in [0.4, 0.5) is 0 Å². The largest absolute Gasteiger partial charge is 0.352 e. The molecule has 156 valence electrons. The van der Waals surface area contributed by atoms with E-state index in [4.69, 9.17) is 0 Å². The van der Waals surface area contributed by atoms with Crippen LogP contribution in [0.5, 0.6) is 0 Å². The summed E-state index contributed by atoms with van der Waals surface area (Å²) in [6, 6.07) is 12.0. The van der Waals surface area contributed by atoms with Crippen molar-refractivity contribution in [3.05, 3.63) is 35.9 Å². The van der Waals surface area contributed by atoms with Gasteiger partial charge in [0.25, 0.3) is 0 Å². The summed E-state index contributed by atoms with van der Waals surface area (Å²) in [5.74, 6) is 0.0192. The molecule has 1 aliphatic carbocycles. The Labute approximate surface area is 173 Å². The number of nitrogens with one attached hydrogen (secondary N) is 2. The number of likely N-dealkylation sites (tertiary alicyclic amines) is 1. The molecule has 3 rings (SSSR count). The number of carbonyl (C=O) groups is 2. The van der Waals surface area contributed by atoms with Crippen LogP contribution < -0.4 is 10.6 Å². The van der Waals surface area contributed by atoms with Crippen molar-refractivity contribution in [1.82, 2.24) is 15.5 Å². The molecule has 1 saturated carbocycles. The molecule has 0 aromatic heterocycles. The van der Waals surface area contributed by atoms with Crippen molar-refractivity contribution in [1.29, 1.82) is 5.26 Å². The molecular formula is C23H32N4O2. The first-order valence-corrected chi connectivity index (χ1v) is 10.8. The molecule has 2 aliphatic rings. The lowest BCUT2D eigenvalue weighted by molar-refractivity contribution is -0.129. The van der Waals surface area contributed by atoms with E-state index in [1.165, 1.54) is 0 Å². The fraction of sp³-hybridized carbons (Fsp3) is 0.609. The molecule has 1 aliphatic heterocycles. The monoisotopic (exact) mass is 396 g/mol. The molecule has 6 heteroatoms. The summed E-state index contributed by atoms with van der Waals surface area (Å²) < 4.78 is 0. The molecule has 1 saturated heterocycles. The fourth-order valence-electron chi connectivity index (χ4n) is 4.40. The van der Waals surface area contributed by atoms with E-state index < -0.39 is 5.54 Å². The minimum atomic E-state index is -0.695. The summed E-state index contributed by atoms with van der Waals surface area (Å²) in [4.78, 5) is 27.4. The number of rotatable bonds is 6. The van der Waals surface area contributed by atoms with Gasteiger partial charge < -0.3 is 10.6 Å². The molecule has 0 bridgehead atoms. The van der Waals surface area contributed by atoms with E-state index in [2.05, 4.69) is 21.6 Å². The highest BCUT2D eigenvalue weighted by Gasteiger charge is 2.36. The Morgan fingerprint density at radius 3 is 2.45 bits per heavy atom. The lowest BCUT2D eigenvalue weighted by atomic mass is 9.82. The third-order valence-electron chi connectivity index (χ3n) is 6.42. The van der Waals surface area contributed by atoms with E-state index in [0.717, 1.165) is 63.6 Å². The molecule has 2 amide bonds. The second kappa shape index (κ2) is 9.89. The predicted molar refractivity (Wildman–Crippen MR) is 112 cm³/mol. The summed E-state index contributed by atoms with van der Waals surface area (Å²) in [5, 5.41) is 15.6. The number of benzene rings is 1. The summed E-state index contributed by atoms with van der Waals surface area (Å²) in [6.07, 6.45) is 6.10. The summed E-state index contributed by atoms with van der Waals surface area (Å²) in [5.41, 5.74) is 0.400. The Morgan fingerprint density at radius 1 is 1.17 bits per heavy atom. The molecule has 1 unspecified atom stereocenters. The van der Waals surface area contributed by atoms with E-state index in [1.54, 1.807) is 0 Å². The molecule has 2 N–H and O–H groups in total. The summed E-state index contributed by atoms with van der Waals surface area (Å²) >= 11 is 0. The van der Waals surface area contributed by atoms with Crippen molar-refractivity contribution in [3.8, 4) is 6.07 Å². The van der Waals surface area contributed by atoms with E-state index in [-0.39, 0.29) is 23.8 Å². The van der Waals surface area contributed by atoms with E-state index in [9.17, 15) is 14.9 Å². The van der Waals surface area contributed by atoms with Gasteiger partial charge in [0.2, 0.25) is 11.8 Å². The minimum Gasteiger partial charge on any atom is -0.352 e. The van der Waals surface area contributed by atoms with Gasteiger partial charge in [0.15, 0.2) is 0 Å². The van der Waals surface area contributed by atoms with Gasteiger partial charge in [0.1, 0.15) is 5.54 Å². The van der Waals surface area contributed by atoms with Crippen molar-refractivity contribution in [2.45, 2.75) is 70.0 Å². The van der Waals surface area contributed by atoms with Gasteiger partial charge in [-0.25, -0.2) is 0 Å². The summed E-state index contributed by atoms with van der Waals surface area (Å²) in [7, 11) is 0. The molecule has 1 aromatic rings. The second-order valence-corrected chi connectivity index (χ2v) is 8.43. The molecule has 1 atom stereocenters. The van der Waals surface area contributed by atoms with Gasteiger partial charge in [-0.1, -0.05) is 49.6 Å². The topological polar surface area (TPSA) is 85.2 Å². The molecule has 1 aromatic carbocycles. The Hall–Kier alpha value is -2.39. The molecular weight excluding hydrogens is 364 g/mol. The standard InChI is InChI=1S/C23H32N4O2/c1-18(21(28)26-23(17-24)12-6-3-7-13-23)27-14-10-20(11-15-27)22(29)25-16-19-8-4-2-5-9-19/h2,4-5,8-9,18,20H,3,6-7,10-16H2,1H3,(H,25,29)(H,26,28). The predicted octanol–water partition coefficient (Wildman–Crippen LogP) is 2.75. The van der Waals surface area contributed by atoms with Crippen LogP contribution >= 0.6 is 0 Å². The smallest absolute Gasteiger partial charge is 0.238 e. The first-order chi connectivity index (χ1) is 14.0.